The van der Waals surface area contributed by atoms with Gasteiger partial charge in [0.2, 0.25) is 0 Å². The molecule has 2 heteroatoms. The van der Waals surface area contributed by atoms with Crippen LogP contribution in [0.5, 0.6) is 0 Å². The van der Waals surface area contributed by atoms with E-state index >= 15 is 0 Å². The second-order valence-electron chi connectivity index (χ2n) is 0.988. The van der Waals surface area contributed by atoms with Crippen molar-refractivity contribution in [2.45, 2.75) is 0 Å². The van der Waals surface area contributed by atoms with Crippen LogP contribution >= 0.6 is 0 Å². The Labute approximate surface area is 36.1 Å². The monoisotopic (exact) mass is 83.0 g/mol. The van der Waals surface area contributed by atoms with E-state index in [4.69, 9.17) is 0 Å². The summed E-state index contributed by atoms with van der Waals surface area (Å²) in [5.41, 5.74) is 0. The number of rotatable bonds is 0. The van der Waals surface area contributed by atoms with Gasteiger partial charge in [-0.2, -0.15) is 0 Å². The molecule has 0 atom stereocenters. The van der Waals surface area contributed by atoms with Crippen molar-refractivity contribution in [3.63, 3.8) is 0 Å². The van der Waals surface area contributed by atoms with Crippen molar-refractivity contribution in [1.82, 2.24) is 5.32 Å². The zero-order valence-electron chi connectivity index (χ0n) is 3.27. The normalized spacial score (nSPS) is 17.0. The molecule has 0 aliphatic carbocycles. The SMILES string of the molecule is C=C1NC=CO1. The summed E-state index contributed by atoms with van der Waals surface area (Å²) in [6, 6.07) is 0. The maximum atomic E-state index is 4.67. The van der Waals surface area contributed by atoms with Crippen molar-refractivity contribution in [3.8, 4) is 0 Å². The fourth-order valence-corrected chi connectivity index (χ4v) is 0.277. The second kappa shape index (κ2) is 1.05. The van der Waals surface area contributed by atoms with Gasteiger partial charge in [0.05, 0.1) is 0 Å². The van der Waals surface area contributed by atoms with E-state index in [1.807, 2.05) is 0 Å². The molecular formula is C4H5NO. The smallest absolute Gasteiger partial charge is 0.189 e. The van der Waals surface area contributed by atoms with Crippen LogP contribution in [0.4, 0.5) is 0 Å². The van der Waals surface area contributed by atoms with Gasteiger partial charge < -0.3 is 10.1 Å². The number of hydrogen-bond acceptors (Lipinski definition) is 2. The highest BCUT2D eigenvalue weighted by molar-refractivity contribution is 4.95. The molecule has 0 amide bonds. The highest BCUT2D eigenvalue weighted by Gasteiger charge is 1.90. The summed E-state index contributed by atoms with van der Waals surface area (Å²) in [5.74, 6) is 0.593. The van der Waals surface area contributed by atoms with Gasteiger partial charge in [-0.05, 0) is 6.58 Å². The van der Waals surface area contributed by atoms with Crippen molar-refractivity contribution < 1.29 is 4.74 Å². The van der Waals surface area contributed by atoms with Crippen LogP contribution in [0.3, 0.4) is 0 Å². The molecule has 0 spiro atoms. The lowest BCUT2D eigenvalue weighted by atomic mass is 10.9. The Hall–Kier alpha value is -0.920. The Morgan fingerprint density at radius 2 is 2.67 bits per heavy atom. The first-order valence-electron chi connectivity index (χ1n) is 1.67. The lowest BCUT2D eigenvalue weighted by Gasteiger charge is -1.88. The molecule has 1 aliphatic heterocycles. The molecule has 0 unspecified atom stereocenters. The van der Waals surface area contributed by atoms with E-state index < -0.39 is 0 Å². The minimum absolute atomic E-state index is 0.593. The second-order valence-corrected chi connectivity index (χ2v) is 0.988. The van der Waals surface area contributed by atoms with Crippen LogP contribution < -0.4 is 5.32 Å². The summed E-state index contributed by atoms with van der Waals surface area (Å²) in [7, 11) is 0. The van der Waals surface area contributed by atoms with Gasteiger partial charge in [-0.15, -0.1) is 0 Å². The molecule has 1 N–H and O–H groups in total. The Bertz CT molecular complexity index is 85.7. The fourth-order valence-electron chi connectivity index (χ4n) is 0.277. The molecule has 1 aliphatic rings. The lowest BCUT2D eigenvalue weighted by molar-refractivity contribution is 0.359. The molecule has 2 nitrogen and oxygen atoms in total. The third kappa shape index (κ3) is 0.360. The number of ether oxygens (including phenoxy) is 1. The first-order valence-corrected chi connectivity index (χ1v) is 1.67. The van der Waals surface area contributed by atoms with Crippen molar-refractivity contribution in [2.75, 3.05) is 0 Å². The largest absolute Gasteiger partial charge is 0.448 e. The van der Waals surface area contributed by atoms with E-state index in [0.717, 1.165) is 0 Å². The molecule has 32 valence electrons. The van der Waals surface area contributed by atoms with Crippen molar-refractivity contribution in [3.05, 3.63) is 24.9 Å². The van der Waals surface area contributed by atoms with Crippen LogP contribution in [0.15, 0.2) is 24.9 Å². The van der Waals surface area contributed by atoms with E-state index in [1.54, 1.807) is 12.5 Å². The molecule has 1 rings (SSSR count). The Morgan fingerprint density at radius 1 is 1.83 bits per heavy atom. The molecule has 0 aromatic rings. The highest BCUT2D eigenvalue weighted by atomic mass is 16.5. The average molecular weight is 83.1 g/mol. The minimum atomic E-state index is 0.593. The van der Waals surface area contributed by atoms with Crippen LogP contribution in [0.1, 0.15) is 0 Å². The Morgan fingerprint density at radius 3 is 2.83 bits per heavy atom. The summed E-state index contributed by atoms with van der Waals surface area (Å²) < 4.78 is 4.67. The average Bonchev–Trinajstić information content (AvgIpc) is 1.86. The zero-order valence-corrected chi connectivity index (χ0v) is 3.27. The van der Waals surface area contributed by atoms with Gasteiger partial charge in [0.25, 0.3) is 0 Å². The van der Waals surface area contributed by atoms with Crippen LogP contribution in [0.2, 0.25) is 0 Å². The first kappa shape index (κ1) is 3.28. The quantitative estimate of drug-likeness (QED) is 0.461. The molecule has 1 heterocycles. The van der Waals surface area contributed by atoms with Gasteiger partial charge in [-0.1, -0.05) is 0 Å². The van der Waals surface area contributed by atoms with Gasteiger partial charge in [-0.3, -0.25) is 0 Å². The van der Waals surface area contributed by atoms with Crippen molar-refractivity contribution in [1.29, 1.82) is 0 Å². The lowest BCUT2D eigenvalue weighted by Crippen LogP contribution is -1.94. The molecule has 0 aromatic heterocycles. The molecule has 0 saturated carbocycles. The molecule has 0 radical (unpaired) electrons. The van der Waals surface area contributed by atoms with Gasteiger partial charge in [0.1, 0.15) is 6.26 Å². The topological polar surface area (TPSA) is 21.3 Å². The molecule has 0 bridgehead atoms. The summed E-state index contributed by atoms with van der Waals surface area (Å²) in [6.07, 6.45) is 3.23. The maximum Gasteiger partial charge on any atom is 0.189 e. The Kier molecular flexibility index (Phi) is 0.572. The summed E-state index contributed by atoms with van der Waals surface area (Å²) in [5, 5.41) is 2.72. The van der Waals surface area contributed by atoms with Gasteiger partial charge in [-0.25, -0.2) is 0 Å². The van der Waals surface area contributed by atoms with Gasteiger partial charge in [0.15, 0.2) is 5.88 Å². The van der Waals surface area contributed by atoms with Crippen LogP contribution in [0, 0.1) is 0 Å². The van der Waals surface area contributed by atoms with Crippen LogP contribution in [-0.2, 0) is 4.74 Å². The predicted octanol–water partition coefficient (Wildman–Crippen LogP) is 0.549. The van der Waals surface area contributed by atoms with E-state index in [1.165, 1.54) is 0 Å². The molecular weight excluding hydrogens is 78.0 g/mol. The standard InChI is InChI=1S/C4H5NO/c1-4-5-2-3-6-4/h2-3,5H,1H2. The van der Waals surface area contributed by atoms with Gasteiger partial charge >= 0.3 is 0 Å². The third-order valence-corrected chi connectivity index (χ3v) is 0.523. The van der Waals surface area contributed by atoms with E-state index in [9.17, 15) is 0 Å². The minimum Gasteiger partial charge on any atom is -0.448 e. The molecule has 6 heavy (non-hydrogen) atoms. The first-order chi connectivity index (χ1) is 2.89. The van der Waals surface area contributed by atoms with Crippen molar-refractivity contribution >= 4 is 0 Å². The summed E-state index contributed by atoms with van der Waals surface area (Å²) >= 11 is 0. The zero-order chi connectivity index (χ0) is 4.41. The van der Waals surface area contributed by atoms with E-state index in [0.29, 0.717) is 5.88 Å². The number of hydrogen-bond donors (Lipinski definition) is 1. The van der Waals surface area contributed by atoms with Crippen molar-refractivity contribution in [2.24, 2.45) is 0 Å². The highest BCUT2D eigenvalue weighted by Crippen LogP contribution is 1.94. The number of nitrogens with one attached hydrogen (secondary N) is 1. The fraction of sp³-hybridized carbons (Fsp3) is 0. The van der Waals surface area contributed by atoms with E-state index in [-0.39, 0.29) is 0 Å². The van der Waals surface area contributed by atoms with Crippen LogP contribution in [-0.4, -0.2) is 0 Å². The van der Waals surface area contributed by atoms with Gasteiger partial charge in [0, 0.05) is 6.20 Å². The van der Waals surface area contributed by atoms with E-state index in [2.05, 4.69) is 16.6 Å². The Balaban J connectivity index is 2.52. The molecule has 0 fully saturated rings. The summed E-state index contributed by atoms with van der Waals surface area (Å²) in [6.45, 7) is 3.46. The molecule has 0 saturated heterocycles. The van der Waals surface area contributed by atoms with Crippen LogP contribution in [0.25, 0.3) is 0 Å². The molecule has 0 aromatic carbocycles. The third-order valence-electron chi connectivity index (χ3n) is 0.523. The predicted molar refractivity (Wildman–Crippen MR) is 22.5 cm³/mol. The maximum absolute atomic E-state index is 4.67. The summed E-state index contributed by atoms with van der Waals surface area (Å²) in [4.78, 5) is 0.